The number of benzene rings is 1. The molecule has 3 rings (SSSR count). The van der Waals surface area contributed by atoms with E-state index in [0.29, 0.717) is 5.75 Å². The van der Waals surface area contributed by atoms with Crippen molar-refractivity contribution in [1.82, 2.24) is 10.2 Å². The van der Waals surface area contributed by atoms with Gasteiger partial charge in [0.15, 0.2) is 11.5 Å². The zero-order valence-electron chi connectivity index (χ0n) is 20.1. The number of methoxy groups -OCH3 is 1. The molecule has 1 aliphatic heterocycles. The lowest BCUT2D eigenvalue weighted by atomic mass is 9.79. The Bertz CT molecular complexity index is 831. The molecule has 0 aromatic heterocycles. The van der Waals surface area contributed by atoms with Gasteiger partial charge in [-0.15, -0.1) is 0 Å². The Hall–Kier alpha value is -3.42. The second-order valence-corrected chi connectivity index (χ2v) is 8.21. The monoisotopic (exact) mass is 514 g/mol. The van der Waals surface area contributed by atoms with Crippen LogP contribution in [-0.4, -0.2) is 99.8 Å². The predicted molar refractivity (Wildman–Crippen MR) is 125 cm³/mol. The highest BCUT2D eigenvalue weighted by Crippen LogP contribution is 2.34. The number of phenolic OH excluding ortho intramolecular Hbond substituents is 1. The summed E-state index contributed by atoms with van der Waals surface area (Å²) in [6.45, 7) is 5.62. The van der Waals surface area contributed by atoms with Crippen LogP contribution in [-0.2, 0) is 30.5 Å². The first-order valence-electron chi connectivity index (χ1n) is 11.3. The maximum atomic E-state index is 9.71. The van der Waals surface area contributed by atoms with Gasteiger partial charge in [-0.05, 0) is 30.5 Å². The van der Waals surface area contributed by atoms with Crippen LogP contribution in [0.25, 0.3) is 0 Å². The maximum Gasteiger partial charge on any atom is 0.414 e. The molecule has 6 N–H and O–H groups in total. The third-order valence-corrected chi connectivity index (χ3v) is 5.86. The van der Waals surface area contributed by atoms with Crippen molar-refractivity contribution in [3.63, 3.8) is 0 Å². The van der Waals surface area contributed by atoms with Crippen LogP contribution in [0.2, 0.25) is 0 Å². The standard InChI is InChI=1S/C19H30N2O3.2C2H2O4/c1-23-18-13-16(5-6-17(18)22)14-20-15-19(7-3-2-4-8-19)21-9-11-24-12-10-21;2*3-1(4)2(5)6/h5-6,13,20,22H,2-4,7-12,14-15H2,1H3;2*(H,3,4)(H,5,6). The summed E-state index contributed by atoms with van der Waals surface area (Å²) >= 11 is 0. The molecule has 0 spiro atoms. The van der Waals surface area contributed by atoms with Gasteiger partial charge in [-0.3, -0.25) is 4.90 Å². The smallest absolute Gasteiger partial charge is 0.414 e. The van der Waals surface area contributed by atoms with E-state index in [4.69, 9.17) is 49.1 Å². The van der Waals surface area contributed by atoms with Crippen molar-refractivity contribution >= 4 is 23.9 Å². The lowest BCUT2D eigenvalue weighted by Crippen LogP contribution is -2.59. The molecule has 1 aromatic carbocycles. The van der Waals surface area contributed by atoms with Crippen molar-refractivity contribution in [2.45, 2.75) is 44.2 Å². The molecular weight excluding hydrogens is 480 g/mol. The van der Waals surface area contributed by atoms with Gasteiger partial charge in [-0.25, -0.2) is 19.2 Å². The van der Waals surface area contributed by atoms with E-state index >= 15 is 0 Å². The van der Waals surface area contributed by atoms with Gasteiger partial charge in [0.2, 0.25) is 0 Å². The average molecular weight is 515 g/mol. The second-order valence-electron chi connectivity index (χ2n) is 8.21. The summed E-state index contributed by atoms with van der Waals surface area (Å²) in [5, 5.41) is 42.9. The molecule has 2 aliphatic rings. The SMILES string of the molecule is COc1cc(CNCC2(N3CCOCC3)CCCCC2)ccc1O.O=C(O)C(=O)O.O=C(O)C(=O)O. The minimum absolute atomic E-state index is 0.193. The van der Waals surface area contributed by atoms with Gasteiger partial charge in [0.1, 0.15) is 0 Å². The van der Waals surface area contributed by atoms with Gasteiger partial charge in [0.05, 0.1) is 20.3 Å². The Kier molecular flexibility index (Phi) is 13.2. The highest BCUT2D eigenvalue weighted by molar-refractivity contribution is 6.27. The summed E-state index contributed by atoms with van der Waals surface area (Å²) in [4.78, 5) is 39.1. The molecule has 13 nitrogen and oxygen atoms in total. The van der Waals surface area contributed by atoms with E-state index in [2.05, 4.69) is 10.2 Å². The molecule has 1 saturated carbocycles. The summed E-state index contributed by atoms with van der Waals surface area (Å²) in [5.74, 6) is -6.57. The van der Waals surface area contributed by atoms with Gasteiger partial charge < -0.3 is 40.3 Å². The molecule has 1 saturated heterocycles. The number of hydrogen-bond donors (Lipinski definition) is 6. The molecule has 0 bridgehead atoms. The van der Waals surface area contributed by atoms with Crippen molar-refractivity contribution in [1.29, 1.82) is 0 Å². The van der Waals surface area contributed by atoms with Crippen LogP contribution < -0.4 is 10.1 Å². The highest BCUT2D eigenvalue weighted by atomic mass is 16.5. The molecular formula is C23H34N2O11. The number of nitrogens with zero attached hydrogens (tertiary/aromatic N) is 1. The molecule has 1 heterocycles. The van der Waals surface area contributed by atoms with Crippen LogP contribution in [0.3, 0.4) is 0 Å². The summed E-state index contributed by atoms with van der Waals surface area (Å²) in [5.41, 5.74) is 1.42. The number of aliphatic carboxylic acids is 4. The first kappa shape index (κ1) is 30.6. The van der Waals surface area contributed by atoms with Crippen molar-refractivity contribution in [2.75, 3.05) is 40.0 Å². The Balaban J connectivity index is 0.000000450. The molecule has 202 valence electrons. The van der Waals surface area contributed by atoms with E-state index in [1.807, 2.05) is 12.1 Å². The minimum atomic E-state index is -1.82. The number of carboxylic acid groups (broad SMARTS) is 4. The Morgan fingerprint density at radius 3 is 1.94 bits per heavy atom. The zero-order valence-corrected chi connectivity index (χ0v) is 20.1. The largest absolute Gasteiger partial charge is 0.504 e. The van der Waals surface area contributed by atoms with Gasteiger partial charge >= 0.3 is 23.9 Å². The number of hydrogen-bond acceptors (Lipinski definition) is 9. The molecule has 1 aliphatic carbocycles. The molecule has 0 atom stereocenters. The third-order valence-electron chi connectivity index (χ3n) is 5.86. The number of ether oxygens (including phenoxy) is 2. The maximum absolute atomic E-state index is 9.71. The lowest BCUT2D eigenvalue weighted by Gasteiger charge is -2.48. The number of phenols is 1. The Morgan fingerprint density at radius 1 is 0.944 bits per heavy atom. The lowest BCUT2D eigenvalue weighted by molar-refractivity contribution is -0.159. The van der Waals surface area contributed by atoms with Gasteiger partial charge in [0.25, 0.3) is 0 Å². The second kappa shape index (κ2) is 15.5. The zero-order chi connectivity index (χ0) is 27.1. The molecule has 13 heteroatoms. The topological polar surface area (TPSA) is 203 Å². The predicted octanol–water partition coefficient (Wildman–Crippen LogP) is 0.837. The van der Waals surface area contributed by atoms with Crippen molar-refractivity contribution in [3.8, 4) is 11.5 Å². The number of rotatable bonds is 6. The van der Waals surface area contributed by atoms with Crippen LogP contribution in [0.15, 0.2) is 18.2 Å². The number of carboxylic acids is 4. The first-order valence-corrected chi connectivity index (χ1v) is 11.3. The number of morpholine rings is 1. The molecule has 0 amide bonds. The quantitative estimate of drug-likeness (QED) is 0.292. The van der Waals surface area contributed by atoms with E-state index in [-0.39, 0.29) is 11.3 Å². The van der Waals surface area contributed by atoms with Crippen LogP contribution >= 0.6 is 0 Å². The summed E-state index contributed by atoms with van der Waals surface area (Å²) < 4.78 is 10.7. The third kappa shape index (κ3) is 10.5. The number of carbonyl (C=O) groups is 4. The van der Waals surface area contributed by atoms with Crippen molar-refractivity contribution in [2.24, 2.45) is 0 Å². The van der Waals surface area contributed by atoms with Gasteiger partial charge in [-0.2, -0.15) is 0 Å². The van der Waals surface area contributed by atoms with Gasteiger partial charge in [-0.1, -0.05) is 25.3 Å². The van der Waals surface area contributed by atoms with Crippen LogP contribution in [0.5, 0.6) is 11.5 Å². The Labute approximate surface area is 208 Å². The summed E-state index contributed by atoms with van der Waals surface area (Å²) in [6.07, 6.45) is 6.57. The van der Waals surface area contributed by atoms with Gasteiger partial charge in [0, 0.05) is 31.7 Å². The van der Waals surface area contributed by atoms with E-state index in [9.17, 15) is 5.11 Å². The van der Waals surface area contributed by atoms with Crippen molar-refractivity contribution < 1.29 is 54.2 Å². The van der Waals surface area contributed by atoms with E-state index in [1.165, 1.54) is 32.1 Å². The van der Waals surface area contributed by atoms with E-state index < -0.39 is 23.9 Å². The summed E-state index contributed by atoms with van der Waals surface area (Å²) in [7, 11) is 1.59. The van der Waals surface area contributed by atoms with Crippen LogP contribution in [0, 0.1) is 0 Å². The average Bonchev–Trinajstić information content (AvgIpc) is 2.87. The molecule has 0 radical (unpaired) electrons. The minimum Gasteiger partial charge on any atom is -0.504 e. The van der Waals surface area contributed by atoms with E-state index in [0.717, 1.165) is 45.0 Å². The summed E-state index contributed by atoms with van der Waals surface area (Å²) in [6, 6.07) is 5.56. The first-order chi connectivity index (χ1) is 17.0. The fraction of sp³-hybridized carbons (Fsp3) is 0.565. The van der Waals surface area contributed by atoms with E-state index in [1.54, 1.807) is 13.2 Å². The molecule has 0 unspecified atom stereocenters. The van der Waals surface area contributed by atoms with Crippen LogP contribution in [0.4, 0.5) is 0 Å². The van der Waals surface area contributed by atoms with Crippen LogP contribution in [0.1, 0.15) is 37.7 Å². The number of aromatic hydroxyl groups is 1. The molecule has 2 fully saturated rings. The highest BCUT2D eigenvalue weighted by Gasteiger charge is 2.38. The Morgan fingerprint density at radius 2 is 1.47 bits per heavy atom. The fourth-order valence-corrected chi connectivity index (χ4v) is 4.12. The normalized spacial score (nSPS) is 16.8. The fourth-order valence-electron chi connectivity index (χ4n) is 4.12. The number of nitrogens with one attached hydrogen (secondary N) is 1. The molecule has 36 heavy (non-hydrogen) atoms. The molecule has 1 aromatic rings. The van der Waals surface area contributed by atoms with Crippen molar-refractivity contribution in [3.05, 3.63) is 23.8 Å².